The highest BCUT2D eigenvalue weighted by molar-refractivity contribution is 7.99. The Morgan fingerprint density at radius 3 is 2.85 bits per heavy atom. The second-order valence-electron chi connectivity index (χ2n) is 9.24. The number of fused-ring (bicyclic) bond motifs is 1. The van der Waals surface area contributed by atoms with E-state index in [2.05, 4.69) is 29.3 Å². The summed E-state index contributed by atoms with van der Waals surface area (Å²) in [5, 5.41) is 5.29. The number of carbonyl (C=O) groups excluding carboxylic acids is 2. The number of nitrogens with zero attached hydrogens (tertiary/aromatic N) is 2. The predicted octanol–water partition coefficient (Wildman–Crippen LogP) is 3.11. The molecular weight excluding hydrogens is 432 g/mol. The molecule has 4 rings (SSSR count). The van der Waals surface area contributed by atoms with Gasteiger partial charge < -0.3 is 16.0 Å². The van der Waals surface area contributed by atoms with Gasteiger partial charge in [-0.1, -0.05) is 56.2 Å². The quantitative estimate of drug-likeness (QED) is 0.681. The topological polar surface area (TPSA) is 78.7 Å². The van der Waals surface area contributed by atoms with E-state index in [0.717, 1.165) is 67.4 Å². The number of hydrogen-bond donors (Lipinski definition) is 2. The van der Waals surface area contributed by atoms with E-state index < -0.39 is 6.04 Å². The number of amides is 2. The Morgan fingerprint density at radius 2 is 2.00 bits per heavy atom. The monoisotopic (exact) mass is 468 g/mol. The van der Waals surface area contributed by atoms with Crippen LogP contribution in [0.25, 0.3) is 10.8 Å². The molecule has 3 atom stereocenters. The summed E-state index contributed by atoms with van der Waals surface area (Å²) in [6.07, 6.45) is 4.28. The zero-order chi connectivity index (χ0) is 23.2. The van der Waals surface area contributed by atoms with Gasteiger partial charge in [0.15, 0.2) is 0 Å². The van der Waals surface area contributed by atoms with Gasteiger partial charge in [-0.2, -0.15) is 11.8 Å². The normalized spacial score (nSPS) is 24.8. The van der Waals surface area contributed by atoms with Crippen LogP contribution in [0.15, 0.2) is 42.5 Å². The zero-order valence-corrected chi connectivity index (χ0v) is 20.4. The molecule has 178 valence electrons. The molecule has 0 aromatic heterocycles. The molecule has 2 aromatic rings. The molecule has 2 aliphatic heterocycles. The molecule has 2 saturated heterocycles. The van der Waals surface area contributed by atoms with Crippen molar-refractivity contribution in [2.45, 2.75) is 50.7 Å². The molecule has 2 unspecified atom stereocenters. The van der Waals surface area contributed by atoms with Crippen molar-refractivity contribution >= 4 is 34.3 Å². The minimum atomic E-state index is -0.427. The van der Waals surface area contributed by atoms with Crippen LogP contribution < -0.4 is 11.1 Å². The average molecular weight is 469 g/mol. The standard InChI is InChI=1S/C26H36N4O2S/c1-2-3-9-21-17-30(26(32)23-11-6-8-19-7-4-5-10-22(19)23)14-13-29(21)16-20-12-15-33-18-24(27)25(31)28-20/h4-8,10-11,20-21,24H,2-3,9,12-18,27H2,1H3,(H,28,31)/t20-,21?,24?/m0/s1. The van der Waals surface area contributed by atoms with Crippen LogP contribution >= 0.6 is 11.8 Å². The van der Waals surface area contributed by atoms with Crippen LogP contribution in [0.3, 0.4) is 0 Å². The molecule has 7 heteroatoms. The summed E-state index contributed by atoms with van der Waals surface area (Å²) < 4.78 is 0. The minimum Gasteiger partial charge on any atom is -0.351 e. The maximum absolute atomic E-state index is 13.5. The summed E-state index contributed by atoms with van der Waals surface area (Å²) in [4.78, 5) is 30.4. The lowest BCUT2D eigenvalue weighted by molar-refractivity contribution is -0.122. The summed E-state index contributed by atoms with van der Waals surface area (Å²) >= 11 is 1.77. The molecule has 0 radical (unpaired) electrons. The van der Waals surface area contributed by atoms with E-state index >= 15 is 0 Å². The fraction of sp³-hybridized carbons (Fsp3) is 0.538. The molecule has 2 amide bonds. The summed E-state index contributed by atoms with van der Waals surface area (Å²) in [5.74, 6) is 1.78. The van der Waals surface area contributed by atoms with Crippen LogP contribution in [0.4, 0.5) is 0 Å². The van der Waals surface area contributed by atoms with E-state index in [4.69, 9.17) is 5.73 Å². The number of nitrogens with two attached hydrogens (primary N) is 1. The maximum Gasteiger partial charge on any atom is 0.254 e. The number of piperazine rings is 1. The van der Waals surface area contributed by atoms with Gasteiger partial charge >= 0.3 is 0 Å². The number of nitrogens with one attached hydrogen (secondary N) is 1. The number of hydrogen-bond acceptors (Lipinski definition) is 5. The molecule has 0 saturated carbocycles. The van der Waals surface area contributed by atoms with Gasteiger partial charge in [0.25, 0.3) is 5.91 Å². The fourth-order valence-corrected chi connectivity index (χ4v) is 5.95. The Kier molecular flexibility index (Phi) is 8.28. The van der Waals surface area contributed by atoms with E-state index in [-0.39, 0.29) is 17.9 Å². The SMILES string of the molecule is CCCCC1CN(C(=O)c2cccc3ccccc23)CCN1C[C@@H]1CCSCC(N)C(=O)N1. The first-order valence-electron chi connectivity index (χ1n) is 12.2. The zero-order valence-electron chi connectivity index (χ0n) is 19.5. The van der Waals surface area contributed by atoms with E-state index in [1.165, 1.54) is 0 Å². The smallest absolute Gasteiger partial charge is 0.254 e. The third-order valence-electron chi connectivity index (χ3n) is 6.85. The minimum absolute atomic E-state index is 0.0397. The number of rotatable bonds is 6. The molecule has 0 aliphatic carbocycles. The van der Waals surface area contributed by atoms with Crippen molar-refractivity contribution in [1.82, 2.24) is 15.1 Å². The highest BCUT2D eigenvalue weighted by Crippen LogP contribution is 2.23. The van der Waals surface area contributed by atoms with Crippen LogP contribution in [0.2, 0.25) is 0 Å². The molecule has 2 aliphatic rings. The van der Waals surface area contributed by atoms with Crippen molar-refractivity contribution in [3.05, 3.63) is 48.0 Å². The Hall–Kier alpha value is -2.09. The first-order valence-corrected chi connectivity index (χ1v) is 13.4. The summed E-state index contributed by atoms with van der Waals surface area (Å²) in [6.45, 7) is 5.30. The first-order chi connectivity index (χ1) is 16.1. The molecule has 33 heavy (non-hydrogen) atoms. The van der Waals surface area contributed by atoms with Gasteiger partial charge in [0, 0.05) is 49.6 Å². The van der Waals surface area contributed by atoms with Gasteiger partial charge in [0.05, 0.1) is 6.04 Å². The van der Waals surface area contributed by atoms with Crippen LogP contribution in [0.5, 0.6) is 0 Å². The van der Waals surface area contributed by atoms with Crippen molar-refractivity contribution < 1.29 is 9.59 Å². The average Bonchev–Trinajstić information content (AvgIpc) is 2.84. The molecule has 2 heterocycles. The van der Waals surface area contributed by atoms with Gasteiger partial charge in [-0.25, -0.2) is 0 Å². The third-order valence-corrected chi connectivity index (χ3v) is 7.97. The number of unbranched alkanes of at least 4 members (excludes halogenated alkanes) is 1. The van der Waals surface area contributed by atoms with Crippen LogP contribution in [0.1, 0.15) is 43.0 Å². The lowest BCUT2D eigenvalue weighted by atomic mass is 10.0. The third kappa shape index (κ3) is 5.89. The van der Waals surface area contributed by atoms with Crippen molar-refractivity contribution in [3.63, 3.8) is 0 Å². The first kappa shape index (κ1) is 24.0. The molecule has 3 N–H and O–H groups in total. The molecule has 0 bridgehead atoms. The predicted molar refractivity (Wildman–Crippen MR) is 137 cm³/mol. The van der Waals surface area contributed by atoms with Crippen LogP contribution in [0, 0.1) is 0 Å². The van der Waals surface area contributed by atoms with Gasteiger partial charge in [0.2, 0.25) is 5.91 Å². The highest BCUT2D eigenvalue weighted by atomic mass is 32.2. The van der Waals surface area contributed by atoms with Gasteiger partial charge in [0.1, 0.15) is 0 Å². The number of benzene rings is 2. The molecular formula is C26H36N4O2S. The van der Waals surface area contributed by atoms with E-state index in [9.17, 15) is 9.59 Å². The Morgan fingerprint density at radius 1 is 1.18 bits per heavy atom. The highest BCUT2D eigenvalue weighted by Gasteiger charge is 2.32. The van der Waals surface area contributed by atoms with Crippen molar-refractivity contribution in [1.29, 1.82) is 0 Å². The maximum atomic E-state index is 13.5. The second kappa shape index (κ2) is 11.4. The van der Waals surface area contributed by atoms with Crippen molar-refractivity contribution in [2.24, 2.45) is 5.73 Å². The van der Waals surface area contributed by atoms with E-state index in [0.29, 0.717) is 18.3 Å². The number of carbonyl (C=O) groups is 2. The molecule has 2 aromatic carbocycles. The molecule has 2 fully saturated rings. The summed E-state index contributed by atoms with van der Waals surface area (Å²) in [5.41, 5.74) is 6.78. The Bertz CT molecular complexity index is 963. The van der Waals surface area contributed by atoms with Crippen molar-refractivity contribution in [3.8, 4) is 0 Å². The van der Waals surface area contributed by atoms with Crippen LogP contribution in [-0.2, 0) is 4.79 Å². The lowest BCUT2D eigenvalue weighted by Gasteiger charge is -2.43. The largest absolute Gasteiger partial charge is 0.351 e. The fourth-order valence-electron chi connectivity index (χ4n) is 4.93. The van der Waals surface area contributed by atoms with Crippen molar-refractivity contribution in [2.75, 3.05) is 37.7 Å². The van der Waals surface area contributed by atoms with Gasteiger partial charge in [-0.15, -0.1) is 0 Å². The summed E-state index contributed by atoms with van der Waals surface area (Å²) in [6, 6.07) is 14.1. The number of thioether (sulfide) groups is 1. The van der Waals surface area contributed by atoms with Gasteiger partial charge in [-0.05, 0) is 35.4 Å². The Labute approximate surface area is 201 Å². The van der Waals surface area contributed by atoms with Crippen LogP contribution in [-0.4, -0.2) is 77.4 Å². The second-order valence-corrected chi connectivity index (χ2v) is 10.4. The Balaban J connectivity index is 1.46. The van der Waals surface area contributed by atoms with Gasteiger partial charge in [-0.3, -0.25) is 14.5 Å². The lowest BCUT2D eigenvalue weighted by Crippen LogP contribution is -2.59. The summed E-state index contributed by atoms with van der Waals surface area (Å²) in [7, 11) is 0. The van der Waals surface area contributed by atoms with E-state index in [1.54, 1.807) is 11.8 Å². The molecule has 6 nitrogen and oxygen atoms in total. The van der Waals surface area contributed by atoms with E-state index in [1.807, 2.05) is 35.2 Å². The molecule has 0 spiro atoms.